The fourth-order valence-corrected chi connectivity index (χ4v) is 4.93. The molecule has 0 amide bonds. The zero-order valence-electron chi connectivity index (χ0n) is 17.0. The van der Waals surface area contributed by atoms with Crippen LogP contribution in [0.25, 0.3) is 11.1 Å². The number of hydrogen-bond donors (Lipinski definition) is 0. The van der Waals surface area contributed by atoms with Crippen molar-refractivity contribution in [1.29, 1.82) is 0 Å². The molecule has 2 fully saturated rings. The average Bonchev–Trinajstić information content (AvgIpc) is 2.73. The smallest absolute Gasteiger partial charge is 0.194 e. The second-order valence-corrected chi connectivity index (χ2v) is 8.99. The lowest BCUT2D eigenvalue weighted by Gasteiger charge is -2.37. The van der Waals surface area contributed by atoms with Crippen LogP contribution in [0, 0.1) is 35.2 Å². The fraction of sp³-hybridized carbons (Fsp3) is 0.520. The number of ether oxygens (including phenoxy) is 1. The second-order valence-electron chi connectivity index (χ2n) is 8.99. The molecule has 1 nitrogen and oxygen atoms in total. The van der Waals surface area contributed by atoms with Crippen molar-refractivity contribution >= 4 is 0 Å². The minimum absolute atomic E-state index is 0.357. The summed E-state index contributed by atoms with van der Waals surface area (Å²) in [4.78, 5) is 0. The van der Waals surface area contributed by atoms with Crippen LogP contribution in [0.3, 0.4) is 0 Å². The van der Waals surface area contributed by atoms with Gasteiger partial charge in [0.2, 0.25) is 0 Å². The maximum atomic E-state index is 13.5. The third-order valence-corrected chi connectivity index (χ3v) is 6.75. The van der Waals surface area contributed by atoms with Gasteiger partial charge in [-0.15, -0.1) is 0 Å². The molecule has 4 heteroatoms. The molecule has 0 spiro atoms. The third kappa shape index (κ3) is 4.85. The van der Waals surface area contributed by atoms with Gasteiger partial charge >= 0.3 is 0 Å². The number of rotatable bonds is 4. The van der Waals surface area contributed by atoms with Gasteiger partial charge in [-0.1, -0.05) is 31.2 Å². The van der Waals surface area contributed by atoms with Crippen LogP contribution >= 0.6 is 0 Å². The van der Waals surface area contributed by atoms with Gasteiger partial charge in [-0.2, -0.15) is 0 Å². The molecule has 0 aromatic heterocycles. The Hall–Kier alpha value is -1.81. The van der Waals surface area contributed by atoms with E-state index in [1.54, 1.807) is 0 Å². The Morgan fingerprint density at radius 2 is 1.48 bits per heavy atom. The van der Waals surface area contributed by atoms with Gasteiger partial charge in [0.05, 0.1) is 6.10 Å². The van der Waals surface area contributed by atoms with E-state index in [0.29, 0.717) is 35.0 Å². The van der Waals surface area contributed by atoms with Crippen LogP contribution in [0.1, 0.15) is 51.0 Å². The van der Waals surface area contributed by atoms with Gasteiger partial charge in [-0.3, -0.25) is 0 Å². The van der Waals surface area contributed by atoms with E-state index in [0.717, 1.165) is 25.2 Å². The van der Waals surface area contributed by atoms with Crippen molar-refractivity contribution in [3.63, 3.8) is 0 Å². The molecular weight excluding hydrogens is 373 g/mol. The largest absolute Gasteiger partial charge is 0.378 e. The topological polar surface area (TPSA) is 9.23 Å². The summed E-state index contributed by atoms with van der Waals surface area (Å²) in [5.41, 5.74) is 2.29. The van der Waals surface area contributed by atoms with Gasteiger partial charge in [0.15, 0.2) is 17.5 Å². The standard InChI is InChI=1S/C25H29F3O/c1-16-2-11-24(29-15-16)20-9-5-18(6-10-20)12-17-3-7-19(8-4-17)21-13-22(26)25(28)23(27)14-21/h3-4,7-8,13-14,16,18,20,24H,2,5-6,9-12,15H2,1H3. The highest BCUT2D eigenvalue weighted by Crippen LogP contribution is 2.37. The van der Waals surface area contributed by atoms with Crippen molar-refractivity contribution in [2.24, 2.45) is 17.8 Å². The Bertz CT molecular complexity index is 793. The molecule has 2 aromatic rings. The summed E-state index contributed by atoms with van der Waals surface area (Å²) in [5.74, 6) is -1.64. The van der Waals surface area contributed by atoms with Crippen LogP contribution in [-0.4, -0.2) is 12.7 Å². The van der Waals surface area contributed by atoms with Crippen LogP contribution < -0.4 is 0 Å². The number of halogens is 3. The van der Waals surface area contributed by atoms with Crippen molar-refractivity contribution in [3.8, 4) is 11.1 Å². The van der Waals surface area contributed by atoms with Crippen LogP contribution in [0.15, 0.2) is 36.4 Å². The van der Waals surface area contributed by atoms with Gasteiger partial charge in [-0.05, 0) is 91.5 Å². The highest BCUT2D eigenvalue weighted by Gasteiger charge is 2.30. The van der Waals surface area contributed by atoms with Gasteiger partial charge < -0.3 is 4.74 Å². The number of hydrogen-bond acceptors (Lipinski definition) is 1. The molecule has 2 aliphatic rings. The van der Waals surface area contributed by atoms with Crippen LogP contribution in [-0.2, 0) is 11.2 Å². The molecule has 1 saturated carbocycles. The van der Waals surface area contributed by atoms with Gasteiger partial charge in [0, 0.05) is 6.61 Å². The van der Waals surface area contributed by atoms with E-state index in [1.165, 1.54) is 44.1 Å². The highest BCUT2D eigenvalue weighted by molar-refractivity contribution is 5.63. The minimum Gasteiger partial charge on any atom is -0.378 e. The predicted octanol–water partition coefficient (Wildman–Crippen LogP) is 6.93. The van der Waals surface area contributed by atoms with Crippen molar-refractivity contribution in [1.82, 2.24) is 0 Å². The van der Waals surface area contributed by atoms with Crippen LogP contribution in [0.4, 0.5) is 13.2 Å². The van der Waals surface area contributed by atoms with Gasteiger partial charge in [0.1, 0.15) is 0 Å². The molecule has 29 heavy (non-hydrogen) atoms. The Balaban J connectivity index is 1.32. The summed E-state index contributed by atoms with van der Waals surface area (Å²) < 4.78 is 46.2. The zero-order chi connectivity index (χ0) is 20.4. The SMILES string of the molecule is CC1CCC(C2CCC(Cc3ccc(-c4cc(F)c(F)c(F)c4)cc3)CC2)OC1. The highest BCUT2D eigenvalue weighted by atomic mass is 19.2. The van der Waals surface area contributed by atoms with E-state index in [9.17, 15) is 13.2 Å². The molecule has 1 aliphatic heterocycles. The lowest BCUT2D eigenvalue weighted by molar-refractivity contribution is -0.0543. The van der Waals surface area contributed by atoms with E-state index < -0.39 is 17.5 Å². The molecule has 4 rings (SSSR count). The van der Waals surface area contributed by atoms with Crippen LogP contribution in [0.5, 0.6) is 0 Å². The summed E-state index contributed by atoms with van der Waals surface area (Å²) in [6, 6.07) is 9.86. The molecule has 0 N–H and O–H groups in total. The molecule has 0 radical (unpaired) electrons. The first-order valence-corrected chi connectivity index (χ1v) is 10.8. The molecule has 1 heterocycles. The average molecular weight is 403 g/mol. The molecule has 0 bridgehead atoms. The first kappa shape index (κ1) is 20.5. The first-order chi connectivity index (χ1) is 14.0. The van der Waals surface area contributed by atoms with E-state index in [-0.39, 0.29) is 0 Å². The molecular formula is C25H29F3O. The lowest BCUT2D eigenvalue weighted by Crippen LogP contribution is -2.33. The molecule has 156 valence electrons. The van der Waals surface area contributed by atoms with E-state index in [4.69, 9.17) is 4.74 Å². The number of benzene rings is 2. The Morgan fingerprint density at radius 3 is 2.07 bits per heavy atom. The summed E-state index contributed by atoms with van der Waals surface area (Å²) in [6.45, 7) is 3.18. The molecule has 2 unspecified atom stereocenters. The van der Waals surface area contributed by atoms with Crippen molar-refractivity contribution < 1.29 is 17.9 Å². The Labute approximate surface area is 171 Å². The summed E-state index contributed by atoms with van der Waals surface area (Å²) in [7, 11) is 0. The minimum atomic E-state index is -1.42. The van der Waals surface area contributed by atoms with Crippen molar-refractivity contribution in [3.05, 3.63) is 59.4 Å². The van der Waals surface area contributed by atoms with Crippen molar-refractivity contribution in [2.45, 2.75) is 58.0 Å². The van der Waals surface area contributed by atoms with Crippen molar-refractivity contribution in [2.75, 3.05) is 6.61 Å². The van der Waals surface area contributed by atoms with E-state index >= 15 is 0 Å². The molecule has 1 saturated heterocycles. The van der Waals surface area contributed by atoms with E-state index in [1.807, 2.05) is 24.3 Å². The molecule has 2 atom stereocenters. The Morgan fingerprint density at radius 1 is 0.828 bits per heavy atom. The summed E-state index contributed by atoms with van der Waals surface area (Å²) in [6.07, 6.45) is 8.95. The monoisotopic (exact) mass is 402 g/mol. The van der Waals surface area contributed by atoms with Gasteiger partial charge in [0.25, 0.3) is 0 Å². The molecule has 1 aliphatic carbocycles. The lowest BCUT2D eigenvalue weighted by atomic mass is 9.75. The van der Waals surface area contributed by atoms with Crippen LogP contribution in [0.2, 0.25) is 0 Å². The normalized spacial score (nSPS) is 27.7. The predicted molar refractivity (Wildman–Crippen MR) is 109 cm³/mol. The first-order valence-electron chi connectivity index (χ1n) is 10.8. The fourth-order valence-electron chi connectivity index (χ4n) is 4.93. The zero-order valence-corrected chi connectivity index (χ0v) is 17.0. The molecule has 2 aromatic carbocycles. The van der Waals surface area contributed by atoms with Gasteiger partial charge in [-0.25, -0.2) is 13.2 Å². The quantitative estimate of drug-likeness (QED) is 0.504. The Kier molecular flexibility index (Phi) is 6.29. The maximum absolute atomic E-state index is 13.5. The summed E-state index contributed by atoms with van der Waals surface area (Å²) in [5, 5.41) is 0. The summed E-state index contributed by atoms with van der Waals surface area (Å²) >= 11 is 0. The maximum Gasteiger partial charge on any atom is 0.194 e. The second kappa shape index (κ2) is 8.91. The van der Waals surface area contributed by atoms with E-state index in [2.05, 4.69) is 6.92 Å². The third-order valence-electron chi connectivity index (χ3n) is 6.75.